The van der Waals surface area contributed by atoms with Gasteiger partial charge >= 0.3 is 22.5 Å². The van der Waals surface area contributed by atoms with E-state index in [1.54, 1.807) is 23.6 Å². The van der Waals surface area contributed by atoms with Crippen LogP contribution in [0, 0.1) is 0 Å². The molecule has 2 aliphatic heterocycles. The number of carbonyl (C=O) groups excluding carboxylic acids is 1. The van der Waals surface area contributed by atoms with Crippen molar-refractivity contribution in [3.63, 3.8) is 0 Å². The lowest BCUT2D eigenvalue weighted by Crippen LogP contribution is -2.40. The Kier molecular flexibility index (Phi) is 9.23. The summed E-state index contributed by atoms with van der Waals surface area (Å²) in [4.78, 5) is 18.7. The van der Waals surface area contributed by atoms with Gasteiger partial charge in [-0.25, -0.2) is 4.98 Å². The minimum Gasteiger partial charge on any atom is -0.382 e. The van der Waals surface area contributed by atoms with E-state index in [1.165, 1.54) is 30.1 Å². The average molecular weight is 683 g/mol. The Morgan fingerprint density at radius 1 is 1.09 bits per heavy atom. The first-order valence-corrected chi connectivity index (χ1v) is 16.1. The lowest BCUT2D eigenvalue weighted by Gasteiger charge is -2.31. The molecule has 1 amide bonds. The van der Waals surface area contributed by atoms with Crippen LogP contribution >= 0.6 is 11.3 Å². The molecular weight excluding hydrogens is 654 g/mol. The minimum absolute atomic E-state index is 0.00785. The Morgan fingerprint density at radius 3 is 2.42 bits per heavy atom. The maximum atomic E-state index is 13.3. The lowest BCUT2D eigenvalue weighted by molar-refractivity contribution is -0.155. The van der Waals surface area contributed by atoms with Crippen molar-refractivity contribution in [2.24, 2.45) is 0 Å². The van der Waals surface area contributed by atoms with Crippen molar-refractivity contribution in [2.45, 2.75) is 76.3 Å². The zero-order chi connectivity index (χ0) is 32.7. The molecule has 1 aromatic carbocycles. The van der Waals surface area contributed by atoms with Gasteiger partial charge in [0, 0.05) is 36.0 Å². The number of aromatic nitrogens is 3. The van der Waals surface area contributed by atoms with E-state index < -0.39 is 57.9 Å². The number of fused-ring (bicyclic) bond motifs is 1. The molecule has 18 heteroatoms. The summed E-state index contributed by atoms with van der Waals surface area (Å²) in [5.74, 6) is -0.696. The first-order valence-electron chi connectivity index (χ1n) is 13.8. The van der Waals surface area contributed by atoms with Gasteiger partial charge < -0.3 is 18.6 Å². The van der Waals surface area contributed by atoms with E-state index in [9.17, 15) is 39.6 Å². The van der Waals surface area contributed by atoms with E-state index in [0.29, 0.717) is 29.7 Å². The lowest BCUT2D eigenvalue weighted by atomic mass is 9.97. The highest BCUT2D eigenvalue weighted by Gasteiger charge is 2.42. The second-order valence-electron chi connectivity index (χ2n) is 10.8. The molecule has 3 aromatic rings. The van der Waals surface area contributed by atoms with Crippen molar-refractivity contribution in [3.8, 4) is 5.75 Å². The quantitative estimate of drug-likeness (QED) is 0.232. The molecule has 2 aliphatic rings. The molecule has 10 nitrogen and oxygen atoms in total. The Labute approximate surface area is 258 Å². The molecule has 2 aromatic heterocycles. The first-order chi connectivity index (χ1) is 21.0. The van der Waals surface area contributed by atoms with Crippen LogP contribution in [-0.2, 0) is 56.5 Å². The van der Waals surface area contributed by atoms with Crippen LogP contribution in [0.25, 0.3) is 0 Å². The molecule has 45 heavy (non-hydrogen) atoms. The number of thiazole rings is 1. The smallest absolute Gasteiger partial charge is 0.382 e. The maximum absolute atomic E-state index is 13.3. The third-order valence-corrected chi connectivity index (χ3v) is 10.00. The van der Waals surface area contributed by atoms with Gasteiger partial charge in [0.25, 0.3) is 0 Å². The molecular formula is C27H28F6N4O6S2. The number of ether oxygens (including phenoxy) is 2. The molecule has 246 valence electrons. The molecule has 0 saturated carbocycles. The number of alkyl halides is 6. The zero-order valence-electron chi connectivity index (χ0n) is 23.9. The number of nitrogens with zero attached hydrogens (tertiary/aromatic N) is 4. The van der Waals surface area contributed by atoms with Crippen molar-refractivity contribution >= 4 is 27.4 Å². The van der Waals surface area contributed by atoms with Crippen LogP contribution in [0.3, 0.4) is 0 Å². The van der Waals surface area contributed by atoms with Crippen LogP contribution in [0.2, 0.25) is 0 Å². The summed E-state index contributed by atoms with van der Waals surface area (Å²) in [6.07, 6.45) is -10.2. The predicted octanol–water partition coefficient (Wildman–Crippen LogP) is 5.65. The molecule has 4 heterocycles. The van der Waals surface area contributed by atoms with Crippen LogP contribution in [0.15, 0.2) is 29.6 Å². The molecule has 0 spiro atoms. The van der Waals surface area contributed by atoms with Gasteiger partial charge in [-0.15, -0.1) is 11.3 Å². The van der Waals surface area contributed by atoms with Gasteiger partial charge in [-0.1, -0.05) is 12.1 Å². The van der Waals surface area contributed by atoms with E-state index in [-0.39, 0.29) is 48.7 Å². The van der Waals surface area contributed by atoms with E-state index >= 15 is 0 Å². The number of rotatable bonds is 7. The van der Waals surface area contributed by atoms with Gasteiger partial charge in [-0.2, -0.15) is 39.9 Å². The fourth-order valence-electron chi connectivity index (χ4n) is 4.86. The molecule has 1 unspecified atom stereocenters. The van der Waals surface area contributed by atoms with Crippen molar-refractivity contribution < 1.29 is 53.2 Å². The topological polar surface area (TPSA) is 113 Å². The second-order valence-corrected chi connectivity index (χ2v) is 13.8. The highest BCUT2D eigenvalue weighted by Crippen LogP contribution is 2.37. The average Bonchev–Trinajstić information content (AvgIpc) is 3.56. The highest BCUT2D eigenvalue weighted by molar-refractivity contribution is 7.87. The monoisotopic (exact) mass is 682 g/mol. The number of piperidine rings is 1. The first kappa shape index (κ1) is 33.2. The number of halogens is 6. The van der Waals surface area contributed by atoms with Gasteiger partial charge in [0.05, 0.1) is 23.5 Å². The fourth-order valence-corrected chi connectivity index (χ4v) is 6.45. The second kappa shape index (κ2) is 12.5. The maximum Gasteiger partial charge on any atom is 0.435 e. The standard InChI is InChI=1S/C27H28F6N4O6S2/c1-15(2)45(39,40)43-20-5-3-4-17-12-41-25(42-13-18(17)20)19-14-44-24(34-19)16-6-8-36(9-7-16)23(38)11-37-22(27(31,32)33)10-21(35-37)26(28,29)30/h3-5,10,14-16,25H,6-9,11-13H2,1-2H3. The van der Waals surface area contributed by atoms with Crippen LogP contribution in [0.4, 0.5) is 26.3 Å². The van der Waals surface area contributed by atoms with Crippen molar-refractivity contribution in [1.29, 1.82) is 0 Å². The number of amides is 1. The van der Waals surface area contributed by atoms with E-state index in [1.807, 2.05) is 0 Å². The largest absolute Gasteiger partial charge is 0.435 e. The SMILES string of the molecule is CC(C)S(=O)(=O)Oc1cccc2c1COC(c1csc(C3CCN(C(=O)Cn4nc(C(F)(F)F)cc4C(F)(F)F)CC3)n1)OC2. The van der Waals surface area contributed by atoms with Crippen molar-refractivity contribution in [2.75, 3.05) is 13.1 Å². The number of hydrogen-bond donors (Lipinski definition) is 0. The van der Waals surface area contributed by atoms with Crippen molar-refractivity contribution in [3.05, 3.63) is 62.9 Å². The Bertz CT molecular complexity index is 1650. The molecule has 0 bridgehead atoms. The summed E-state index contributed by atoms with van der Waals surface area (Å²) in [6, 6.07) is 4.88. The van der Waals surface area contributed by atoms with Crippen molar-refractivity contribution in [1.82, 2.24) is 19.7 Å². The Hall–Kier alpha value is -3.22. The van der Waals surface area contributed by atoms with Gasteiger partial charge in [-0.3, -0.25) is 9.48 Å². The zero-order valence-corrected chi connectivity index (χ0v) is 25.5. The summed E-state index contributed by atoms with van der Waals surface area (Å²) in [5, 5.41) is 4.76. The third-order valence-electron chi connectivity index (χ3n) is 7.41. The molecule has 5 rings (SSSR count). The summed E-state index contributed by atoms with van der Waals surface area (Å²) < 4.78 is 121. The Morgan fingerprint density at radius 2 is 1.78 bits per heavy atom. The normalized spacial score (nSPS) is 18.6. The van der Waals surface area contributed by atoms with Gasteiger partial charge in [-0.05, 0) is 38.3 Å². The van der Waals surface area contributed by atoms with Gasteiger partial charge in [0.2, 0.25) is 12.2 Å². The minimum atomic E-state index is -5.12. The van der Waals surface area contributed by atoms with Crippen LogP contribution in [-0.4, -0.2) is 52.3 Å². The molecule has 1 fully saturated rings. The molecule has 0 N–H and O–H groups in total. The summed E-state index contributed by atoms with van der Waals surface area (Å²) in [7, 11) is -3.83. The highest BCUT2D eigenvalue weighted by atomic mass is 32.2. The fraction of sp³-hybridized carbons (Fsp3) is 0.519. The number of likely N-dealkylation sites (tertiary alicyclic amines) is 1. The van der Waals surface area contributed by atoms with Crippen LogP contribution in [0.5, 0.6) is 5.75 Å². The molecule has 0 aliphatic carbocycles. The third kappa shape index (κ3) is 7.44. The Balaban J connectivity index is 1.19. The van der Waals surface area contributed by atoms with E-state index in [0.717, 1.165) is 5.01 Å². The molecule has 1 atom stereocenters. The summed E-state index contributed by atoms with van der Waals surface area (Å²) in [6.45, 7) is 2.50. The number of hydrogen-bond acceptors (Lipinski definition) is 9. The van der Waals surface area contributed by atoms with Crippen LogP contribution in [0.1, 0.15) is 72.1 Å². The summed E-state index contributed by atoms with van der Waals surface area (Å²) in [5.41, 5.74) is -1.63. The van der Waals surface area contributed by atoms with E-state index in [4.69, 9.17) is 13.7 Å². The van der Waals surface area contributed by atoms with Gasteiger partial charge in [0.15, 0.2) is 5.69 Å². The number of benzene rings is 1. The van der Waals surface area contributed by atoms with Gasteiger partial charge in [0.1, 0.15) is 23.7 Å². The predicted molar refractivity (Wildman–Crippen MR) is 146 cm³/mol. The molecule has 1 saturated heterocycles. The van der Waals surface area contributed by atoms with Crippen LogP contribution < -0.4 is 4.18 Å². The van der Waals surface area contributed by atoms with E-state index in [2.05, 4.69) is 10.1 Å². The molecule has 0 radical (unpaired) electrons. The number of carbonyl (C=O) groups is 1. The summed E-state index contributed by atoms with van der Waals surface area (Å²) >= 11 is 1.35.